The molecule has 0 bridgehead atoms. The second-order valence-electron chi connectivity index (χ2n) is 7.67. The zero-order chi connectivity index (χ0) is 18.2. The Morgan fingerprint density at radius 1 is 1.19 bits per heavy atom. The molecule has 2 aliphatic rings. The van der Waals surface area contributed by atoms with Gasteiger partial charge in [0.05, 0.1) is 0 Å². The van der Waals surface area contributed by atoms with E-state index < -0.39 is 0 Å². The van der Waals surface area contributed by atoms with Crippen LogP contribution < -0.4 is 10.6 Å². The lowest BCUT2D eigenvalue weighted by molar-refractivity contribution is 0.188. The Bertz CT molecular complexity index is 568. The second kappa shape index (κ2) is 11.8. The molecule has 1 atom stereocenters. The van der Waals surface area contributed by atoms with Gasteiger partial charge in [-0.05, 0) is 45.1 Å². The van der Waals surface area contributed by atoms with Gasteiger partial charge < -0.3 is 10.6 Å². The molecule has 7 nitrogen and oxygen atoms in total. The van der Waals surface area contributed by atoms with Gasteiger partial charge in [-0.1, -0.05) is 19.3 Å². The molecule has 1 aromatic heterocycles. The van der Waals surface area contributed by atoms with Crippen molar-refractivity contribution in [1.82, 2.24) is 30.3 Å². The van der Waals surface area contributed by atoms with Crippen molar-refractivity contribution in [2.24, 2.45) is 18.0 Å². The maximum absolute atomic E-state index is 4.67. The minimum Gasteiger partial charge on any atom is -0.357 e. The lowest BCUT2D eigenvalue weighted by Crippen LogP contribution is -2.46. The van der Waals surface area contributed by atoms with Crippen LogP contribution in [0.4, 0.5) is 0 Å². The van der Waals surface area contributed by atoms with Gasteiger partial charge in [-0.15, -0.1) is 24.0 Å². The summed E-state index contributed by atoms with van der Waals surface area (Å²) in [5.74, 6) is 2.67. The van der Waals surface area contributed by atoms with E-state index in [1.807, 2.05) is 7.05 Å². The quantitative estimate of drug-likeness (QED) is 0.350. The molecule has 2 heterocycles. The van der Waals surface area contributed by atoms with Crippen LogP contribution in [0.2, 0.25) is 0 Å². The van der Waals surface area contributed by atoms with Crippen molar-refractivity contribution in [1.29, 1.82) is 0 Å². The first kappa shape index (κ1) is 22.4. The van der Waals surface area contributed by atoms with Gasteiger partial charge in [0.1, 0.15) is 18.7 Å². The van der Waals surface area contributed by atoms with Crippen LogP contribution in [0.15, 0.2) is 11.3 Å². The zero-order valence-electron chi connectivity index (χ0n) is 16.9. The molecule has 0 aromatic carbocycles. The molecular weight excluding hydrogens is 453 g/mol. The topological polar surface area (TPSA) is 70.4 Å². The number of likely N-dealkylation sites (tertiary alicyclic amines) is 1. The smallest absolute Gasteiger partial charge is 0.191 e. The molecule has 1 saturated carbocycles. The van der Waals surface area contributed by atoms with Crippen LogP contribution in [0, 0.1) is 5.92 Å². The molecule has 3 rings (SSSR count). The molecule has 1 aromatic rings. The minimum absolute atomic E-state index is 0. The number of hydrogen-bond acceptors (Lipinski definition) is 4. The van der Waals surface area contributed by atoms with Crippen molar-refractivity contribution in [2.45, 2.75) is 64.5 Å². The summed E-state index contributed by atoms with van der Waals surface area (Å²) < 4.78 is 1.77. The Labute approximate surface area is 180 Å². The number of rotatable bonds is 7. The van der Waals surface area contributed by atoms with Crippen molar-refractivity contribution in [2.75, 3.05) is 26.2 Å². The van der Waals surface area contributed by atoms with Gasteiger partial charge in [0.15, 0.2) is 5.96 Å². The monoisotopic (exact) mass is 489 g/mol. The first-order chi connectivity index (χ1) is 12.8. The molecule has 1 aliphatic heterocycles. The summed E-state index contributed by atoms with van der Waals surface area (Å²) in [7, 11) is 1.90. The van der Waals surface area contributed by atoms with Crippen LogP contribution in [-0.2, 0) is 13.6 Å². The molecule has 8 heteroatoms. The maximum Gasteiger partial charge on any atom is 0.191 e. The number of halogens is 1. The van der Waals surface area contributed by atoms with E-state index in [1.54, 1.807) is 11.0 Å². The van der Waals surface area contributed by atoms with E-state index in [2.05, 4.69) is 37.5 Å². The summed E-state index contributed by atoms with van der Waals surface area (Å²) in [6, 6.07) is 0.635. The third-order valence-electron chi connectivity index (χ3n) is 5.75. The lowest BCUT2D eigenvalue weighted by atomic mass is 9.89. The molecule has 0 radical (unpaired) electrons. The number of nitrogens with one attached hydrogen (secondary N) is 2. The normalized spacial score (nSPS) is 21.9. The molecule has 27 heavy (non-hydrogen) atoms. The van der Waals surface area contributed by atoms with E-state index >= 15 is 0 Å². The summed E-state index contributed by atoms with van der Waals surface area (Å²) >= 11 is 0. The van der Waals surface area contributed by atoms with Crippen LogP contribution in [0.5, 0.6) is 0 Å². The van der Waals surface area contributed by atoms with Crippen molar-refractivity contribution >= 4 is 29.9 Å². The number of aryl methyl sites for hydroxylation is 1. The van der Waals surface area contributed by atoms with Gasteiger partial charge in [0, 0.05) is 32.7 Å². The number of guanidine groups is 1. The third-order valence-corrected chi connectivity index (χ3v) is 5.75. The predicted molar refractivity (Wildman–Crippen MR) is 120 cm³/mol. The molecule has 1 aliphatic carbocycles. The Kier molecular flexibility index (Phi) is 9.81. The number of nitrogens with zero attached hydrogens (tertiary/aromatic N) is 5. The van der Waals surface area contributed by atoms with Gasteiger partial charge >= 0.3 is 0 Å². The molecule has 2 fully saturated rings. The fourth-order valence-electron chi connectivity index (χ4n) is 4.24. The zero-order valence-corrected chi connectivity index (χ0v) is 19.2. The highest BCUT2D eigenvalue weighted by Gasteiger charge is 2.27. The summed E-state index contributed by atoms with van der Waals surface area (Å²) in [4.78, 5) is 11.6. The number of aliphatic imine (C=N–C) groups is 1. The Hall–Kier alpha value is -0.900. The molecule has 1 unspecified atom stereocenters. The summed E-state index contributed by atoms with van der Waals surface area (Å²) in [5, 5.41) is 11.0. The SMILES string of the molecule is CCNC(=NCc1ncnn1C)NCC1CCCN1CC1CCCCC1.I. The van der Waals surface area contributed by atoms with E-state index in [1.165, 1.54) is 58.0 Å². The van der Waals surface area contributed by atoms with Crippen molar-refractivity contribution in [3.05, 3.63) is 12.2 Å². The first-order valence-electron chi connectivity index (χ1n) is 10.4. The van der Waals surface area contributed by atoms with Gasteiger partial charge in [-0.2, -0.15) is 5.10 Å². The Balaban J connectivity index is 0.00000261. The highest BCUT2D eigenvalue weighted by atomic mass is 127. The molecule has 1 saturated heterocycles. The van der Waals surface area contributed by atoms with Crippen molar-refractivity contribution in [3.63, 3.8) is 0 Å². The van der Waals surface area contributed by atoms with E-state index in [4.69, 9.17) is 0 Å². The number of aromatic nitrogens is 3. The van der Waals surface area contributed by atoms with E-state index in [-0.39, 0.29) is 24.0 Å². The molecule has 2 N–H and O–H groups in total. The largest absolute Gasteiger partial charge is 0.357 e. The first-order valence-corrected chi connectivity index (χ1v) is 10.4. The van der Waals surface area contributed by atoms with Gasteiger partial charge in [0.2, 0.25) is 0 Å². The summed E-state index contributed by atoms with van der Waals surface area (Å²) in [6.45, 7) is 7.03. The lowest BCUT2D eigenvalue weighted by Gasteiger charge is -2.31. The van der Waals surface area contributed by atoms with Crippen LogP contribution in [0.1, 0.15) is 57.7 Å². The van der Waals surface area contributed by atoms with E-state index in [0.717, 1.165) is 30.8 Å². The third kappa shape index (κ3) is 6.89. The van der Waals surface area contributed by atoms with Crippen LogP contribution in [-0.4, -0.2) is 57.8 Å². The highest BCUT2D eigenvalue weighted by molar-refractivity contribution is 14.0. The van der Waals surface area contributed by atoms with Crippen molar-refractivity contribution in [3.8, 4) is 0 Å². The predicted octanol–water partition coefficient (Wildman–Crippen LogP) is 2.53. The van der Waals surface area contributed by atoms with E-state index in [9.17, 15) is 0 Å². The van der Waals surface area contributed by atoms with Crippen LogP contribution >= 0.6 is 24.0 Å². The minimum atomic E-state index is 0. The average molecular weight is 489 g/mol. The second-order valence-corrected chi connectivity index (χ2v) is 7.67. The molecular formula is C19H36IN7. The fourth-order valence-corrected chi connectivity index (χ4v) is 4.24. The Morgan fingerprint density at radius 2 is 2.00 bits per heavy atom. The van der Waals surface area contributed by atoms with Crippen LogP contribution in [0.25, 0.3) is 0 Å². The fraction of sp³-hybridized carbons (Fsp3) is 0.842. The highest BCUT2D eigenvalue weighted by Crippen LogP contribution is 2.27. The summed E-state index contributed by atoms with van der Waals surface area (Å²) in [5.41, 5.74) is 0. The molecule has 0 spiro atoms. The number of hydrogen-bond donors (Lipinski definition) is 2. The average Bonchev–Trinajstić information content (AvgIpc) is 3.27. The van der Waals surface area contributed by atoms with E-state index in [0.29, 0.717) is 12.6 Å². The van der Waals surface area contributed by atoms with Gasteiger partial charge in [-0.25, -0.2) is 9.98 Å². The van der Waals surface area contributed by atoms with Crippen LogP contribution in [0.3, 0.4) is 0 Å². The standard InChI is InChI=1S/C19H35N7.HI/c1-3-20-19(22-13-18-23-15-24-25(18)2)21-12-17-10-7-11-26(17)14-16-8-5-4-6-9-16;/h15-17H,3-14H2,1-2H3,(H2,20,21,22);1H. The van der Waals surface area contributed by atoms with Gasteiger partial charge in [-0.3, -0.25) is 9.58 Å². The molecule has 154 valence electrons. The maximum atomic E-state index is 4.67. The Morgan fingerprint density at radius 3 is 2.70 bits per heavy atom. The van der Waals surface area contributed by atoms with Gasteiger partial charge in [0.25, 0.3) is 0 Å². The molecule has 0 amide bonds. The van der Waals surface area contributed by atoms with Crippen molar-refractivity contribution < 1.29 is 0 Å². The summed E-state index contributed by atoms with van der Waals surface area (Å²) in [6.07, 6.45) is 11.4.